The summed E-state index contributed by atoms with van der Waals surface area (Å²) >= 11 is 3.97. The number of hydrogen-bond donors (Lipinski definition) is 1. The van der Waals surface area contributed by atoms with Gasteiger partial charge in [-0.15, -0.1) is 0 Å². The fourth-order valence-corrected chi connectivity index (χ4v) is 0.517. The Morgan fingerprint density at radius 2 is 2.12 bits per heavy atom. The highest BCUT2D eigenvalue weighted by Gasteiger charge is 1.93. The van der Waals surface area contributed by atoms with E-state index < -0.39 is 0 Å². The lowest BCUT2D eigenvalue weighted by Crippen LogP contribution is -2.01. The zero-order chi connectivity index (χ0) is 6.57. The first-order chi connectivity index (χ1) is 3.68. The van der Waals surface area contributed by atoms with Crippen LogP contribution >= 0.6 is 12.6 Å². The van der Waals surface area contributed by atoms with Crippen molar-refractivity contribution in [3.63, 3.8) is 0 Å². The quantitative estimate of drug-likeness (QED) is 0.434. The van der Waals surface area contributed by atoms with Crippen molar-refractivity contribution in [3.05, 3.63) is 0 Å². The molecule has 0 aromatic carbocycles. The summed E-state index contributed by atoms with van der Waals surface area (Å²) in [4.78, 5) is 4.10. The second-order valence-corrected chi connectivity index (χ2v) is 2.38. The van der Waals surface area contributed by atoms with Crippen molar-refractivity contribution in [3.8, 4) is 0 Å². The lowest BCUT2D eigenvalue weighted by molar-refractivity contribution is 0.874. The summed E-state index contributed by atoms with van der Waals surface area (Å²) in [7, 11) is 0. The Labute approximate surface area is 56.6 Å². The highest BCUT2D eigenvalue weighted by atomic mass is 32.1. The lowest BCUT2D eigenvalue weighted by Gasteiger charge is -2.00. The Bertz CT molecular complexity index is 86.5. The molecule has 0 aliphatic heterocycles. The number of rotatable bonds is 2. The van der Waals surface area contributed by atoms with Gasteiger partial charge in [0.25, 0.3) is 0 Å². The molecule has 0 heterocycles. The highest BCUT2D eigenvalue weighted by molar-refractivity contribution is 7.80. The third kappa shape index (κ3) is 3.08. The minimum atomic E-state index is 0.571. The SMILES string of the molecule is CC(=NCS)C(C)C. The van der Waals surface area contributed by atoms with Gasteiger partial charge in [-0.1, -0.05) is 13.8 Å². The molecule has 0 aliphatic rings. The molecule has 48 valence electrons. The van der Waals surface area contributed by atoms with Gasteiger partial charge in [0.1, 0.15) is 0 Å². The van der Waals surface area contributed by atoms with E-state index in [0.29, 0.717) is 11.8 Å². The maximum atomic E-state index is 4.10. The van der Waals surface area contributed by atoms with E-state index in [4.69, 9.17) is 0 Å². The summed E-state index contributed by atoms with van der Waals surface area (Å²) in [5.74, 6) is 1.19. The van der Waals surface area contributed by atoms with Crippen LogP contribution in [0.1, 0.15) is 20.8 Å². The predicted octanol–water partition coefficient (Wildman–Crippen LogP) is 1.99. The van der Waals surface area contributed by atoms with Crippen LogP contribution < -0.4 is 0 Å². The van der Waals surface area contributed by atoms with Gasteiger partial charge >= 0.3 is 0 Å². The van der Waals surface area contributed by atoms with Gasteiger partial charge in [0, 0.05) is 5.71 Å². The molecular weight excluding hydrogens is 118 g/mol. The minimum Gasteiger partial charge on any atom is -0.284 e. The molecule has 0 unspecified atom stereocenters. The van der Waals surface area contributed by atoms with Crippen LogP contribution in [0.5, 0.6) is 0 Å². The molecule has 0 atom stereocenters. The number of thiol groups is 1. The van der Waals surface area contributed by atoms with E-state index in [2.05, 4.69) is 31.5 Å². The first kappa shape index (κ1) is 8.02. The van der Waals surface area contributed by atoms with Crippen LogP contribution in [0.4, 0.5) is 0 Å². The minimum absolute atomic E-state index is 0.571. The fraction of sp³-hybridized carbons (Fsp3) is 0.833. The van der Waals surface area contributed by atoms with Crippen LogP contribution in [0.3, 0.4) is 0 Å². The lowest BCUT2D eigenvalue weighted by atomic mass is 10.1. The van der Waals surface area contributed by atoms with Gasteiger partial charge in [-0.25, -0.2) is 0 Å². The van der Waals surface area contributed by atoms with E-state index in [-0.39, 0.29) is 0 Å². The van der Waals surface area contributed by atoms with Gasteiger partial charge in [0.05, 0.1) is 5.88 Å². The monoisotopic (exact) mass is 131 g/mol. The molecule has 0 amide bonds. The summed E-state index contributed by atoms with van der Waals surface area (Å²) in [6.07, 6.45) is 0. The fourth-order valence-electron chi connectivity index (χ4n) is 0.294. The van der Waals surface area contributed by atoms with Crippen molar-refractivity contribution >= 4 is 18.3 Å². The van der Waals surface area contributed by atoms with E-state index in [1.807, 2.05) is 6.92 Å². The van der Waals surface area contributed by atoms with Gasteiger partial charge < -0.3 is 0 Å². The number of nitrogens with zero attached hydrogens (tertiary/aromatic N) is 1. The van der Waals surface area contributed by atoms with Crippen LogP contribution in [0.2, 0.25) is 0 Å². The normalized spacial score (nSPS) is 12.9. The number of hydrogen-bond acceptors (Lipinski definition) is 2. The van der Waals surface area contributed by atoms with Crippen molar-refractivity contribution in [2.75, 3.05) is 5.88 Å². The maximum Gasteiger partial charge on any atom is 0.0814 e. The third-order valence-electron chi connectivity index (χ3n) is 1.16. The average Bonchev–Trinajstić information content (AvgIpc) is 1.67. The van der Waals surface area contributed by atoms with Gasteiger partial charge in [-0.3, -0.25) is 4.99 Å². The molecule has 0 saturated heterocycles. The van der Waals surface area contributed by atoms with E-state index in [0.717, 1.165) is 0 Å². The van der Waals surface area contributed by atoms with Gasteiger partial charge in [0.15, 0.2) is 0 Å². The molecule has 0 spiro atoms. The maximum absolute atomic E-state index is 4.10. The zero-order valence-corrected chi connectivity index (χ0v) is 6.57. The van der Waals surface area contributed by atoms with Crippen LogP contribution in [-0.4, -0.2) is 11.6 Å². The van der Waals surface area contributed by atoms with Crippen molar-refractivity contribution in [2.24, 2.45) is 10.9 Å². The molecule has 0 aromatic heterocycles. The molecule has 0 rings (SSSR count). The summed E-state index contributed by atoms with van der Waals surface area (Å²) in [6, 6.07) is 0. The van der Waals surface area contributed by atoms with E-state index in [1.54, 1.807) is 0 Å². The molecule has 0 aliphatic carbocycles. The number of aliphatic imine (C=N–C) groups is 1. The molecule has 0 bridgehead atoms. The van der Waals surface area contributed by atoms with Crippen LogP contribution in [0.15, 0.2) is 4.99 Å². The summed E-state index contributed by atoms with van der Waals surface area (Å²) in [5, 5.41) is 0. The molecule has 0 radical (unpaired) electrons. The first-order valence-electron chi connectivity index (χ1n) is 2.80. The zero-order valence-electron chi connectivity index (χ0n) is 5.68. The summed E-state index contributed by atoms with van der Waals surface area (Å²) < 4.78 is 0. The standard InChI is InChI=1S/C6H13NS/c1-5(2)6(3)7-4-8/h5,8H,4H2,1-3H3. The van der Waals surface area contributed by atoms with Gasteiger partial charge in [-0.2, -0.15) is 12.6 Å². The second kappa shape index (κ2) is 3.96. The summed E-state index contributed by atoms with van der Waals surface area (Å²) in [6.45, 7) is 6.28. The molecule has 0 saturated carbocycles. The Morgan fingerprint density at radius 3 is 2.25 bits per heavy atom. The van der Waals surface area contributed by atoms with Crippen LogP contribution in [0, 0.1) is 5.92 Å². The van der Waals surface area contributed by atoms with Crippen LogP contribution in [-0.2, 0) is 0 Å². The second-order valence-electron chi connectivity index (χ2n) is 2.10. The van der Waals surface area contributed by atoms with Gasteiger partial charge in [-0.05, 0) is 12.8 Å². The molecule has 8 heavy (non-hydrogen) atoms. The van der Waals surface area contributed by atoms with E-state index in [1.165, 1.54) is 5.71 Å². The molecule has 0 aromatic rings. The Kier molecular flexibility index (Phi) is 3.97. The topological polar surface area (TPSA) is 12.4 Å². The Morgan fingerprint density at radius 1 is 1.62 bits per heavy atom. The Hall–Kier alpha value is 0.0200. The van der Waals surface area contributed by atoms with Crippen molar-refractivity contribution < 1.29 is 0 Å². The average molecular weight is 131 g/mol. The molecule has 0 N–H and O–H groups in total. The summed E-state index contributed by atoms with van der Waals surface area (Å²) in [5.41, 5.74) is 1.18. The van der Waals surface area contributed by atoms with Crippen molar-refractivity contribution in [1.29, 1.82) is 0 Å². The smallest absolute Gasteiger partial charge is 0.0814 e. The van der Waals surface area contributed by atoms with E-state index in [9.17, 15) is 0 Å². The third-order valence-corrected chi connectivity index (χ3v) is 1.30. The van der Waals surface area contributed by atoms with Crippen molar-refractivity contribution in [1.82, 2.24) is 0 Å². The molecular formula is C6H13NS. The first-order valence-corrected chi connectivity index (χ1v) is 3.43. The predicted molar refractivity (Wildman–Crippen MR) is 41.8 cm³/mol. The largest absolute Gasteiger partial charge is 0.284 e. The molecule has 2 heteroatoms. The molecule has 1 nitrogen and oxygen atoms in total. The Balaban J connectivity index is 3.61. The van der Waals surface area contributed by atoms with Crippen molar-refractivity contribution in [2.45, 2.75) is 20.8 Å². The van der Waals surface area contributed by atoms with Gasteiger partial charge in [0.2, 0.25) is 0 Å². The highest BCUT2D eigenvalue weighted by Crippen LogP contribution is 1.95. The van der Waals surface area contributed by atoms with E-state index >= 15 is 0 Å². The molecule has 0 fully saturated rings. The van der Waals surface area contributed by atoms with Crippen LogP contribution in [0.25, 0.3) is 0 Å².